The zero-order valence-electron chi connectivity index (χ0n) is 8.04. The van der Waals surface area contributed by atoms with Crippen molar-refractivity contribution in [3.63, 3.8) is 0 Å². The Labute approximate surface area is 82.3 Å². The zero-order valence-corrected chi connectivity index (χ0v) is 8.04. The molecule has 2 rings (SSSR count). The summed E-state index contributed by atoms with van der Waals surface area (Å²) in [5.74, 6) is 0.218. The monoisotopic (exact) mass is 192 g/mol. The van der Waals surface area contributed by atoms with Gasteiger partial charge in [0.1, 0.15) is 5.75 Å². The molecule has 14 heavy (non-hydrogen) atoms. The van der Waals surface area contributed by atoms with Crippen LogP contribution in [0.15, 0.2) is 12.3 Å². The fourth-order valence-electron chi connectivity index (χ4n) is 1.55. The molecule has 0 aliphatic carbocycles. The van der Waals surface area contributed by atoms with Crippen molar-refractivity contribution in [2.75, 3.05) is 6.54 Å². The van der Waals surface area contributed by atoms with Crippen molar-refractivity contribution in [3.8, 4) is 5.75 Å². The molecule has 4 heteroatoms. The minimum atomic E-state index is -0.310. The Morgan fingerprint density at radius 2 is 2.50 bits per heavy atom. The lowest BCUT2D eigenvalue weighted by Gasteiger charge is -2.16. The van der Waals surface area contributed by atoms with E-state index in [9.17, 15) is 4.79 Å². The second-order valence-corrected chi connectivity index (χ2v) is 3.30. The van der Waals surface area contributed by atoms with E-state index in [-0.39, 0.29) is 5.97 Å². The number of fused-ring (bicyclic) bond motifs is 1. The van der Waals surface area contributed by atoms with Crippen molar-refractivity contribution in [1.82, 2.24) is 10.3 Å². The molecule has 0 spiro atoms. The fourth-order valence-corrected chi connectivity index (χ4v) is 1.55. The lowest BCUT2D eigenvalue weighted by Crippen LogP contribution is -2.24. The topological polar surface area (TPSA) is 51.2 Å². The second-order valence-electron chi connectivity index (χ2n) is 3.30. The van der Waals surface area contributed by atoms with E-state index in [0.717, 1.165) is 30.8 Å². The van der Waals surface area contributed by atoms with Crippen molar-refractivity contribution in [3.05, 3.63) is 23.5 Å². The van der Waals surface area contributed by atoms with Crippen molar-refractivity contribution >= 4 is 5.97 Å². The molecule has 0 atom stereocenters. The van der Waals surface area contributed by atoms with Gasteiger partial charge in [0, 0.05) is 32.1 Å². The number of esters is 1. The molecule has 0 aromatic carbocycles. The van der Waals surface area contributed by atoms with E-state index in [1.807, 2.05) is 6.07 Å². The van der Waals surface area contributed by atoms with Gasteiger partial charge in [-0.1, -0.05) is 0 Å². The van der Waals surface area contributed by atoms with E-state index in [4.69, 9.17) is 4.74 Å². The first-order chi connectivity index (χ1) is 6.75. The number of nitrogens with zero attached hydrogens (tertiary/aromatic N) is 1. The van der Waals surface area contributed by atoms with Gasteiger partial charge in [-0.05, 0) is 11.6 Å². The quantitative estimate of drug-likeness (QED) is 0.664. The lowest BCUT2D eigenvalue weighted by atomic mass is 10.1. The molecular formula is C10H12N2O2. The number of hydrogen-bond donors (Lipinski definition) is 1. The molecule has 1 aromatic heterocycles. The Hall–Kier alpha value is -1.42. The van der Waals surface area contributed by atoms with Crippen molar-refractivity contribution in [1.29, 1.82) is 0 Å². The van der Waals surface area contributed by atoms with Gasteiger partial charge in [0.2, 0.25) is 0 Å². The average Bonchev–Trinajstić information content (AvgIpc) is 2.17. The maximum Gasteiger partial charge on any atom is 0.308 e. The number of ether oxygens (including phenoxy) is 1. The molecule has 0 saturated carbocycles. The van der Waals surface area contributed by atoms with Gasteiger partial charge in [-0.25, -0.2) is 0 Å². The Balaban J connectivity index is 2.24. The molecule has 0 amide bonds. The Bertz CT molecular complexity index is 363. The van der Waals surface area contributed by atoms with Gasteiger partial charge >= 0.3 is 5.97 Å². The van der Waals surface area contributed by atoms with Crippen LogP contribution in [0.5, 0.6) is 5.75 Å². The molecule has 0 saturated heterocycles. The SMILES string of the molecule is CC(=O)Oc1cnc2c(c1)CNCC2. The van der Waals surface area contributed by atoms with Gasteiger partial charge in [0.05, 0.1) is 6.20 Å². The van der Waals surface area contributed by atoms with Gasteiger partial charge in [0.15, 0.2) is 0 Å². The lowest BCUT2D eigenvalue weighted by molar-refractivity contribution is -0.131. The molecule has 74 valence electrons. The number of aromatic nitrogens is 1. The van der Waals surface area contributed by atoms with E-state index in [1.54, 1.807) is 6.20 Å². The smallest absolute Gasteiger partial charge is 0.308 e. The van der Waals surface area contributed by atoms with Crippen LogP contribution in [0.1, 0.15) is 18.2 Å². The Morgan fingerprint density at radius 3 is 3.29 bits per heavy atom. The maximum atomic E-state index is 10.7. The summed E-state index contributed by atoms with van der Waals surface area (Å²) in [5.41, 5.74) is 2.22. The van der Waals surface area contributed by atoms with Gasteiger partial charge in [-0.3, -0.25) is 9.78 Å². The van der Waals surface area contributed by atoms with Crippen molar-refractivity contribution < 1.29 is 9.53 Å². The summed E-state index contributed by atoms with van der Waals surface area (Å²) >= 11 is 0. The highest BCUT2D eigenvalue weighted by atomic mass is 16.5. The van der Waals surface area contributed by atoms with Crippen LogP contribution < -0.4 is 10.1 Å². The van der Waals surface area contributed by atoms with Crippen LogP contribution in [0.2, 0.25) is 0 Å². The summed E-state index contributed by atoms with van der Waals surface area (Å²) in [6.07, 6.45) is 2.54. The normalized spacial score (nSPS) is 14.6. The maximum absolute atomic E-state index is 10.7. The first kappa shape index (κ1) is 9.15. The predicted molar refractivity (Wildman–Crippen MR) is 51.0 cm³/mol. The molecule has 1 aliphatic rings. The molecule has 1 N–H and O–H groups in total. The van der Waals surface area contributed by atoms with E-state index in [1.165, 1.54) is 6.92 Å². The number of carbonyl (C=O) groups excluding carboxylic acids is 1. The highest BCUT2D eigenvalue weighted by molar-refractivity contribution is 5.69. The number of nitrogens with one attached hydrogen (secondary N) is 1. The molecule has 0 fully saturated rings. The zero-order chi connectivity index (χ0) is 9.97. The predicted octanol–water partition coefficient (Wildman–Crippen LogP) is 0.653. The molecule has 1 aliphatic heterocycles. The summed E-state index contributed by atoms with van der Waals surface area (Å²) in [4.78, 5) is 15.0. The van der Waals surface area contributed by atoms with Crippen LogP contribution in [0, 0.1) is 0 Å². The molecule has 2 heterocycles. The summed E-state index contributed by atoms with van der Waals surface area (Å²) in [7, 11) is 0. The summed E-state index contributed by atoms with van der Waals surface area (Å²) < 4.78 is 4.95. The van der Waals surface area contributed by atoms with Gasteiger partial charge in [-0.15, -0.1) is 0 Å². The number of pyridine rings is 1. The van der Waals surface area contributed by atoms with Crippen LogP contribution in [0.3, 0.4) is 0 Å². The van der Waals surface area contributed by atoms with E-state index >= 15 is 0 Å². The minimum Gasteiger partial charge on any atom is -0.425 e. The third kappa shape index (κ3) is 1.90. The van der Waals surface area contributed by atoms with Gasteiger partial charge in [0.25, 0.3) is 0 Å². The highest BCUT2D eigenvalue weighted by Gasteiger charge is 2.11. The van der Waals surface area contributed by atoms with E-state index < -0.39 is 0 Å². The summed E-state index contributed by atoms with van der Waals surface area (Å²) in [5, 5.41) is 3.24. The summed E-state index contributed by atoms with van der Waals surface area (Å²) in [6, 6.07) is 1.87. The van der Waals surface area contributed by atoms with Crippen LogP contribution in [0.25, 0.3) is 0 Å². The van der Waals surface area contributed by atoms with Crippen LogP contribution in [-0.4, -0.2) is 17.5 Å². The molecule has 1 aromatic rings. The third-order valence-corrected chi connectivity index (χ3v) is 2.15. The van der Waals surface area contributed by atoms with Crippen LogP contribution in [-0.2, 0) is 17.8 Å². The Morgan fingerprint density at radius 1 is 1.64 bits per heavy atom. The number of rotatable bonds is 1. The average molecular weight is 192 g/mol. The Kier molecular flexibility index (Phi) is 2.45. The largest absolute Gasteiger partial charge is 0.425 e. The minimum absolute atomic E-state index is 0.310. The van der Waals surface area contributed by atoms with E-state index in [2.05, 4.69) is 10.3 Å². The van der Waals surface area contributed by atoms with Crippen LogP contribution in [0.4, 0.5) is 0 Å². The van der Waals surface area contributed by atoms with Crippen molar-refractivity contribution in [2.24, 2.45) is 0 Å². The number of hydrogen-bond acceptors (Lipinski definition) is 4. The van der Waals surface area contributed by atoms with Crippen LogP contribution >= 0.6 is 0 Å². The van der Waals surface area contributed by atoms with E-state index in [0.29, 0.717) is 5.75 Å². The molecule has 0 radical (unpaired) electrons. The van der Waals surface area contributed by atoms with Crippen molar-refractivity contribution in [2.45, 2.75) is 19.9 Å². The molecule has 0 unspecified atom stereocenters. The van der Waals surface area contributed by atoms with Gasteiger partial charge in [-0.2, -0.15) is 0 Å². The summed E-state index contributed by atoms with van der Waals surface area (Å²) in [6.45, 7) is 3.15. The molecule has 0 bridgehead atoms. The first-order valence-electron chi connectivity index (χ1n) is 4.62. The fraction of sp³-hybridized carbons (Fsp3) is 0.400. The molecular weight excluding hydrogens is 180 g/mol. The van der Waals surface area contributed by atoms with Gasteiger partial charge < -0.3 is 10.1 Å². The standard InChI is InChI=1S/C10H12N2O2/c1-7(13)14-9-4-8-5-11-3-2-10(8)12-6-9/h4,6,11H,2-3,5H2,1H3. The molecule has 4 nitrogen and oxygen atoms in total. The number of carbonyl (C=O) groups is 1. The third-order valence-electron chi connectivity index (χ3n) is 2.15. The first-order valence-corrected chi connectivity index (χ1v) is 4.62. The highest BCUT2D eigenvalue weighted by Crippen LogP contribution is 2.17. The second kappa shape index (κ2) is 3.75.